The molecule has 0 radical (unpaired) electrons. The van der Waals surface area contributed by atoms with E-state index in [0.717, 1.165) is 19.3 Å². The normalized spacial score (nSPS) is 11.5. The second-order valence-electron chi connectivity index (χ2n) is 9.44. The molecular formula is C27H34N8O6. The van der Waals surface area contributed by atoms with Crippen LogP contribution in [0, 0.1) is 0 Å². The number of nitrogen functional groups attached to an aromatic ring is 1. The van der Waals surface area contributed by atoms with E-state index >= 15 is 0 Å². The summed E-state index contributed by atoms with van der Waals surface area (Å²) in [5.74, 6) is -1.90. The van der Waals surface area contributed by atoms with Crippen molar-refractivity contribution in [1.29, 1.82) is 0 Å². The molecule has 2 aromatic heterocycles. The number of rotatable bonds is 16. The molecule has 0 fully saturated rings. The lowest BCUT2D eigenvalue weighted by Gasteiger charge is -2.14. The summed E-state index contributed by atoms with van der Waals surface area (Å²) in [5, 5.41) is 17.7. The molecule has 2 heterocycles. The molecular weight excluding hydrogens is 532 g/mol. The molecule has 41 heavy (non-hydrogen) atoms. The number of fused-ring (bicyclic) bond motifs is 1. The maximum Gasteiger partial charge on any atom is 0.326 e. The number of amides is 2. The summed E-state index contributed by atoms with van der Waals surface area (Å²) in [6.45, 7) is 0.240. The molecule has 0 saturated heterocycles. The molecule has 7 N–H and O–H groups in total. The van der Waals surface area contributed by atoms with Gasteiger partial charge in [0.1, 0.15) is 11.8 Å². The van der Waals surface area contributed by atoms with Crippen LogP contribution in [0.1, 0.15) is 67.4 Å². The fraction of sp³-hybridized carbons (Fsp3) is 0.407. The summed E-state index contributed by atoms with van der Waals surface area (Å²) in [6, 6.07) is 5.17. The van der Waals surface area contributed by atoms with Crippen LogP contribution in [0.2, 0.25) is 0 Å². The smallest absolute Gasteiger partial charge is 0.326 e. The molecule has 14 heteroatoms. The SMILES string of the molecule is CNC(=O)CCCCCCC(=O)CCC(NC(=O)c1ccc(NCc2cnc3nc(N)[nH]c(=O)c3n2)cc1)C(=O)O. The zero-order valence-electron chi connectivity index (χ0n) is 22.7. The van der Waals surface area contributed by atoms with E-state index in [1.807, 2.05) is 0 Å². The molecule has 2 amide bonds. The number of nitrogens with one attached hydrogen (secondary N) is 4. The molecule has 0 saturated carbocycles. The number of aromatic nitrogens is 4. The van der Waals surface area contributed by atoms with Crippen LogP contribution in [0.5, 0.6) is 0 Å². The molecule has 0 aliphatic rings. The highest BCUT2D eigenvalue weighted by Gasteiger charge is 2.21. The number of hydrogen-bond acceptors (Lipinski definition) is 10. The molecule has 1 aromatic carbocycles. The average Bonchev–Trinajstić information content (AvgIpc) is 2.95. The van der Waals surface area contributed by atoms with Gasteiger partial charge in [0.25, 0.3) is 11.5 Å². The van der Waals surface area contributed by atoms with Crippen molar-refractivity contribution < 1.29 is 24.3 Å². The third-order valence-corrected chi connectivity index (χ3v) is 6.31. The van der Waals surface area contributed by atoms with Crippen molar-refractivity contribution in [2.45, 2.75) is 64.0 Å². The van der Waals surface area contributed by atoms with Crippen LogP contribution in [0.3, 0.4) is 0 Å². The molecule has 0 aliphatic heterocycles. The van der Waals surface area contributed by atoms with Crippen molar-refractivity contribution in [2.24, 2.45) is 0 Å². The number of aromatic amines is 1. The van der Waals surface area contributed by atoms with Crippen molar-refractivity contribution in [3.05, 3.63) is 52.1 Å². The second-order valence-corrected chi connectivity index (χ2v) is 9.44. The van der Waals surface area contributed by atoms with E-state index in [2.05, 4.69) is 35.9 Å². The fourth-order valence-corrected chi connectivity index (χ4v) is 4.00. The van der Waals surface area contributed by atoms with Gasteiger partial charge in [-0.2, -0.15) is 4.98 Å². The Labute approximate surface area is 235 Å². The van der Waals surface area contributed by atoms with Crippen molar-refractivity contribution in [1.82, 2.24) is 30.6 Å². The zero-order chi connectivity index (χ0) is 29.8. The van der Waals surface area contributed by atoms with Gasteiger partial charge in [0.05, 0.1) is 18.4 Å². The summed E-state index contributed by atoms with van der Waals surface area (Å²) in [6.07, 6.45) is 5.39. The van der Waals surface area contributed by atoms with Gasteiger partial charge < -0.3 is 26.8 Å². The number of Topliss-reactive ketones (excluding diaryl/α,β-unsaturated/α-hetero) is 1. The highest BCUT2D eigenvalue weighted by Crippen LogP contribution is 2.13. The molecule has 3 aromatic rings. The van der Waals surface area contributed by atoms with E-state index in [0.29, 0.717) is 30.6 Å². The Morgan fingerprint density at radius 2 is 1.71 bits per heavy atom. The van der Waals surface area contributed by atoms with E-state index in [9.17, 15) is 29.1 Å². The first-order chi connectivity index (χ1) is 19.7. The van der Waals surface area contributed by atoms with E-state index in [1.165, 1.54) is 18.3 Å². The number of H-pyrrole nitrogens is 1. The minimum atomic E-state index is -1.22. The van der Waals surface area contributed by atoms with Gasteiger partial charge in [0.15, 0.2) is 11.2 Å². The first kappa shape index (κ1) is 30.7. The topological polar surface area (TPSA) is 222 Å². The molecule has 0 bridgehead atoms. The van der Waals surface area contributed by atoms with Gasteiger partial charge in [-0.15, -0.1) is 0 Å². The predicted octanol–water partition coefficient (Wildman–Crippen LogP) is 1.53. The van der Waals surface area contributed by atoms with Crippen molar-refractivity contribution in [3.8, 4) is 0 Å². The number of nitrogens with zero attached hydrogens (tertiary/aromatic N) is 3. The fourth-order valence-electron chi connectivity index (χ4n) is 4.00. The Morgan fingerprint density at radius 3 is 2.39 bits per heavy atom. The molecule has 0 aliphatic carbocycles. The molecule has 0 spiro atoms. The number of benzene rings is 1. The van der Waals surface area contributed by atoms with Gasteiger partial charge >= 0.3 is 5.97 Å². The third-order valence-electron chi connectivity index (χ3n) is 6.31. The number of aliphatic carboxylic acids is 1. The van der Waals surface area contributed by atoms with Gasteiger partial charge in [0, 0.05) is 37.6 Å². The lowest BCUT2D eigenvalue weighted by Crippen LogP contribution is -2.41. The second kappa shape index (κ2) is 15.1. The van der Waals surface area contributed by atoms with E-state index in [-0.39, 0.29) is 53.8 Å². The Balaban J connectivity index is 1.44. The number of nitrogens with two attached hydrogens (primary N) is 1. The van der Waals surface area contributed by atoms with Crippen LogP contribution < -0.4 is 27.2 Å². The lowest BCUT2D eigenvalue weighted by molar-refractivity contribution is -0.139. The Morgan fingerprint density at radius 1 is 1.00 bits per heavy atom. The quantitative estimate of drug-likeness (QED) is 0.136. The van der Waals surface area contributed by atoms with Gasteiger partial charge in [0.2, 0.25) is 11.9 Å². The van der Waals surface area contributed by atoms with Crippen LogP contribution in [0.15, 0.2) is 35.3 Å². The number of carboxylic acid groups (broad SMARTS) is 1. The van der Waals surface area contributed by atoms with Crippen molar-refractivity contribution in [3.63, 3.8) is 0 Å². The van der Waals surface area contributed by atoms with Gasteiger partial charge in [-0.3, -0.25) is 24.2 Å². The minimum Gasteiger partial charge on any atom is -0.480 e. The number of carbonyl (C=O) groups excluding carboxylic acids is 3. The van der Waals surface area contributed by atoms with Crippen LogP contribution >= 0.6 is 0 Å². The molecule has 1 unspecified atom stereocenters. The highest BCUT2D eigenvalue weighted by atomic mass is 16.4. The maximum atomic E-state index is 12.6. The number of carboxylic acids is 1. The highest BCUT2D eigenvalue weighted by molar-refractivity contribution is 5.97. The zero-order valence-corrected chi connectivity index (χ0v) is 22.7. The summed E-state index contributed by atoms with van der Waals surface area (Å²) < 4.78 is 0. The number of unbranched alkanes of at least 4 members (excludes halogenated alkanes) is 3. The van der Waals surface area contributed by atoms with E-state index in [1.54, 1.807) is 19.2 Å². The van der Waals surface area contributed by atoms with Gasteiger partial charge in [-0.05, 0) is 43.5 Å². The van der Waals surface area contributed by atoms with Crippen molar-refractivity contribution >= 4 is 46.4 Å². The van der Waals surface area contributed by atoms with E-state index < -0.39 is 23.5 Å². The largest absolute Gasteiger partial charge is 0.480 e. The Hall–Kier alpha value is -4.88. The first-order valence-electron chi connectivity index (χ1n) is 13.3. The summed E-state index contributed by atoms with van der Waals surface area (Å²) >= 11 is 0. The van der Waals surface area contributed by atoms with E-state index in [4.69, 9.17) is 5.73 Å². The van der Waals surface area contributed by atoms with Crippen LogP contribution in [-0.2, 0) is 20.9 Å². The molecule has 3 rings (SSSR count). The minimum absolute atomic E-state index is 0.00599. The predicted molar refractivity (Wildman–Crippen MR) is 151 cm³/mol. The average molecular weight is 567 g/mol. The Kier molecular flexibility index (Phi) is 11.3. The van der Waals surface area contributed by atoms with Gasteiger partial charge in [-0.25, -0.2) is 14.8 Å². The van der Waals surface area contributed by atoms with Crippen LogP contribution in [0.25, 0.3) is 11.2 Å². The van der Waals surface area contributed by atoms with Crippen LogP contribution in [-0.4, -0.2) is 61.7 Å². The van der Waals surface area contributed by atoms with Crippen LogP contribution in [0.4, 0.5) is 11.6 Å². The maximum absolute atomic E-state index is 12.6. The number of ketones is 1. The molecule has 14 nitrogen and oxygen atoms in total. The molecule has 218 valence electrons. The number of carbonyl (C=O) groups is 4. The van der Waals surface area contributed by atoms with Crippen molar-refractivity contribution in [2.75, 3.05) is 18.1 Å². The summed E-state index contributed by atoms with van der Waals surface area (Å²) in [7, 11) is 1.59. The molecule has 1 atom stereocenters. The monoisotopic (exact) mass is 566 g/mol. The number of hydrogen-bond donors (Lipinski definition) is 6. The first-order valence-corrected chi connectivity index (χ1v) is 13.3. The number of anilines is 2. The summed E-state index contributed by atoms with van der Waals surface area (Å²) in [5.41, 5.74) is 6.61. The third kappa shape index (κ3) is 9.67. The standard InChI is InChI=1S/C27H34N8O6/c1-29-21(37)7-5-3-2-4-6-19(36)12-13-20(26(40)41)33-24(38)16-8-10-17(11-9-16)30-14-18-15-31-23-22(32-18)25(39)35-27(28)34-23/h8-11,15,20,30H,2-7,12-14H2,1H3,(H,29,37)(H,33,38)(H,40,41)(H3,28,31,34,35,39). The Bertz CT molecular complexity index is 1440. The lowest BCUT2D eigenvalue weighted by atomic mass is 10.0. The summed E-state index contributed by atoms with van der Waals surface area (Å²) in [4.78, 5) is 74.4. The van der Waals surface area contributed by atoms with Gasteiger partial charge in [-0.1, -0.05) is 12.8 Å².